The van der Waals surface area contributed by atoms with Gasteiger partial charge in [0.15, 0.2) is 0 Å². The van der Waals surface area contributed by atoms with Gasteiger partial charge >= 0.3 is 0 Å². The lowest BCUT2D eigenvalue weighted by Crippen LogP contribution is -2.44. The number of methoxy groups -OCH3 is 1. The first-order valence-corrected chi connectivity index (χ1v) is 5.38. The van der Waals surface area contributed by atoms with Crippen molar-refractivity contribution < 1.29 is 4.74 Å². The van der Waals surface area contributed by atoms with Gasteiger partial charge in [-0.15, -0.1) is 0 Å². The molecule has 0 aromatic heterocycles. The Labute approximate surface area is 90.6 Å². The fourth-order valence-corrected chi connectivity index (χ4v) is 1.93. The second-order valence-corrected chi connectivity index (χ2v) is 4.21. The van der Waals surface area contributed by atoms with Gasteiger partial charge in [0.1, 0.15) is 0 Å². The van der Waals surface area contributed by atoms with Crippen molar-refractivity contribution in [2.24, 2.45) is 5.73 Å². The molecule has 0 atom stereocenters. The van der Waals surface area contributed by atoms with Crippen LogP contribution in [-0.4, -0.2) is 19.2 Å². The van der Waals surface area contributed by atoms with Gasteiger partial charge in [-0.1, -0.05) is 12.1 Å². The number of benzene rings is 1. The first-order chi connectivity index (χ1) is 7.28. The predicted molar refractivity (Wildman–Crippen MR) is 61.8 cm³/mol. The Morgan fingerprint density at radius 1 is 1.47 bits per heavy atom. The highest BCUT2D eigenvalue weighted by molar-refractivity contribution is 5.47. The summed E-state index contributed by atoms with van der Waals surface area (Å²) >= 11 is 0. The van der Waals surface area contributed by atoms with Crippen LogP contribution in [0, 0.1) is 0 Å². The summed E-state index contributed by atoms with van der Waals surface area (Å²) in [5, 5.41) is 3.47. The molecule has 0 saturated heterocycles. The third-order valence-electron chi connectivity index (χ3n) is 2.78. The highest BCUT2D eigenvalue weighted by Gasteiger charge is 2.25. The van der Waals surface area contributed by atoms with Gasteiger partial charge in [-0.05, 0) is 30.5 Å². The zero-order valence-corrected chi connectivity index (χ0v) is 9.07. The van der Waals surface area contributed by atoms with Crippen LogP contribution < -0.4 is 11.1 Å². The highest BCUT2D eigenvalue weighted by atomic mass is 16.5. The van der Waals surface area contributed by atoms with Gasteiger partial charge in [-0.2, -0.15) is 0 Å². The van der Waals surface area contributed by atoms with Crippen molar-refractivity contribution in [1.29, 1.82) is 0 Å². The van der Waals surface area contributed by atoms with Gasteiger partial charge < -0.3 is 15.8 Å². The van der Waals surface area contributed by atoms with Gasteiger partial charge in [0.25, 0.3) is 0 Å². The molecule has 3 heteroatoms. The van der Waals surface area contributed by atoms with Crippen LogP contribution >= 0.6 is 0 Å². The molecule has 0 heterocycles. The van der Waals surface area contributed by atoms with E-state index in [1.165, 1.54) is 11.3 Å². The largest absolute Gasteiger partial charge is 0.382 e. The Hall–Kier alpha value is -1.06. The number of hydrogen-bond acceptors (Lipinski definition) is 3. The van der Waals surface area contributed by atoms with Crippen molar-refractivity contribution in [1.82, 2.24) is 0 Å². The van der Waals surface area contributed by atoms with E-state index in [-0.39, 0.29) is 0 Å². The molecule has 1 aliphatic carbocycles. The van der Waals surface area contributed by atoms with E-state index in [1.807, 2.05) is 0 Å². The molecule has 0 amide bonds. The summed E-state index contributed by atoms with van der Waals surface area (Å²) in [7, 11) is 1.71. The minimum absolute atomic E-state index is 0.393. The number of ether oxygens (including phenoxy) is 1. The van der Waals surface area contributed by atoms with Crippen molar-refractivity contribution in [2.75, 3.05) is 12.4 Å². The summed E-state index contributed by atoms with van der Waals surface area (Å²) < 4.78 is 5.10. The zero-order chi connectivity index (χ0) is 10.7. The van der Waals surface area contributed by atoms with Crippen molar-refractivity contribution in [3.8, 4) is 0 Å². The second-order valence-electron chi connectivity index (χ2n) is 4.21. The van der Waals surface area contributed by atoms with Crippen molar-refractivity contribution in [3.05, 3.63) is 29.8 Å². The first-order valence-electron chi connectivity index (χ1n) is 5.38. The van der Waals surface area contributed by atoms with Crippen LogP contribution in [0.5, 0.6) is 0 Å². The normalized spacial score (nSPS) is 24.7. The lowest BCUT2D eigenvalue weighted by molar-refractivity contribution is 0.185. The average Bonchev–Trinajstić information content (AvgIpc) is 2.17. The Balaban J connectivity index is 1.93. The Morgan fingerprint density at radius 3 is 2.93 bits per heavy atom. The van der Waals surface area contributed by atoms with Crippen molar-refractivity contribution >= 4 is 5.69 Å². The van der Waals surface area contributed by atoms with E-state index in [0.717, 1.165) is 12.8 Å². The molecule has 82 valence electrons. The van der Waals surface area contributed by atoms with Crippen LogP contribution in [0.1, 0.15) is 18.4 Å². The van der Waals surface area contributed by atoms with Gasteiger partial charge in [0.05, 0.1) is 6.61 Å². The molecule has 1 fully saturated rings. The number of anilines is 1. The summed E-state index contributed by atoms with van der Waals surface area (Å²) in [5.41, 5.74) is 8.11. The highest BCUT2D eigenvalue weighted by Crippen LogP contribution is 2.23. The quantitative estimate of drug-likeness (QED) is 0.788. The number of nitrogens with two attached hydrogens (primary N) is 1. The van der Waals surface area contributed by atoms with Gasteiger partial charge in [-0.3, -0.25) is 0 Å². The van der Waals surface area contributed by atoms with E-state index in [0.29, 0.717) is 18.7 Å². The standard InChI is InChI=1S/C12H18N2O/c1-15-8-9-3-2-4-11(5-9)14-12-6-10(13)7-12/h2-5,10,12,14H,6-8,13H2,1H3. The smallest absolute Gasteiger partial charge is 0.0713 e. The average molecular weight is 206 g/mol. The molecular weight excluding hydrogens is 188 g/mol. The van der Waals surface area contributed by atoms with Gasteiger partial charge in [0, 0.05) is 24.9 Å². The van der Waals surface area contributed by atoms with Crippen LogP contribution in [0.3, 0.4) is 0 Å². The maximum atomic E-state index is 5.74. The zero-order valence-electron chi connectivity index (χ0n) is 9.07. The molecule has 1 aromatic rings. The molecule has 1 aliphatic rings. The van der Waals surface area contributed by atoms with Crippen molar-refractivity contribution in [2.45, 2.75) is 31.5 Å². The van der Waals surface area contributed by atoms with Crippen LogP contribution in [0.4, 0.5) is 5.69 Å². The fraction of sp³-hybridized carbons (Fsp3) is 0.500. The summed E-state index contributed by atoms with van der Waals surface area (Å²) in [4.78, 5) is 0. The molecule has 3 N–H and O–H groups in total. The van der Waals surface area contributed by atoms with Gasteiger partial charge in [0.2, 0.25) is 0 Å². The molecule has 2 rings (SSSR count). The van der Waals surface area contributed by atoms with Gasteiger partial charge in [-0.25, -0.2) is 0 Å². The molecule has 0 bridgehead atoms. The molecule has 0 radical (unpaired) electrons. The molecule has 15 heavy (non-hydrogen) atoms. The lowest BCUT2D eigenvalue weighted by Gasteiger charge is -2.33. The lowest BCUT2D eigenvalue weighted by atomic mass is 9.87. The maximum Gasteiger partial charge on any atom is 0.0713 e. The molecule has 0 aliphatic heterocycles. The van der Waals surface area contributed by atoms with Crippen LogP contribution in [0.15, 0.2) is 24.3 Å². The Morgan fingerprint density at radius 2 is 2.27 bits per heavy atom. The Bertz CT molecular complexity index is 321. The van der Waals surface area contributed by atoms with E-state index in [4.69, 9.17) is 10.5 Å². The SMILES string of the molecule is COCc1cccc(NC2CC(N)C2)c1. The first kappa shape index (κ1) is 10.5. The van der Waals surface area contributed by atoms with Crippen LogP contribution in [0.25, 0.3) is 0 Å². The van der Waals surface area contributed by atoms with E-state index in [9.17, 15) is 0 Å². The third kappa shape index (κ3) is 2.70. The third-order valence-corrected chi connectivity index (χ3v) is 2.78. The number of nitrogens with one attached hydrogen (secondary N) is 1. The summed E-state index contributed by atoms with van der Waals surface area (Å²) in [6.45, 7) is 0.666. The molecular formula is C12H18N2O. The van der Waals surface area contributed by atoms with E-state index in [2.05, 4.69) is 29.6 Å². The minimum Gasteiger partial charge on any atom is -0.382 e. The molecule has 0 unspecified atom stereocenters. The fourth-order valence-electron chi connectivity index (χ4n) is 1.93. The van der Waals surface area contributed by atoms with E-state index in [1.54, 1.807) is 7.11 Å². The molecule has 1 saturated carbocycles. The molecule has 3 nitrogen and oxygen atoms in total. The molecule has 1 aromatic carbocycles. The summed E-state index contributed by atoms with van der Waals surface area (Å²) in [5.74, 6) is 0. The Kier molecular flexibility index (Phi) is 3.23. The van der Waals surface area contributed by atoms with E-state index >= 15 is 0 Å². The summed E-state index contributed by atoms with van der Waals surface area (Å²) in [6.07, 6.45) is 2.16. The van der Waals surface area contributed by atoms with Crippen LogP contribution in [0.2, 0.25) is 0 Å². The second kappa shape index (κ2) is 4.64. The minimum atomic E-state index is 0.393. The van der Waals surface area contributed by atoms with Crippen LogP contribution in [-0.2, 0) is 11.3 Å². The van der Waals surface area contributed by atoms with Crippen molar-refractivity contribution in [3.63, 3.8) is 0 Å². The monoisotopic (exact) mass is 206 g/mol. The predicted octanol–water partition coefficient (Wildman–Crippen LogP) is 1.73. The summed E-state index contributed by atoms with van der Waals surface area (Å²) in [6, 6.07) is 9.29. The maximum absolute atomic E-state index is 5.74. The topological polar surface area (TPSA) is 47.3 Å². The molecule has 0 spiro atoms. The number of rotatable bonds is 4. The number of hydrogen-bond donors (Lipinski definition) is 2. The van der Waals surface area contributed by atoms with E-state index < -0.39 is 0 Å².